The maximum atomic E-state index is 11.4. The monoisotopic (exact) mass is 234 g/mol. The lowest BCUT2D eigenvalue weighted by Crippen LogP contribution is -2.41. The van der Waals surface area contributed by atoms with Crippen LogP contribution >= 0.6 is 0 Å². The highest BCUT2D eigenvalue weighted by molar-refractivity contribution is 7.84. The third-order valence-corrected chi connectivity index (χ3v) is 2.83. The van der Waals surface area contributed by atoms with Crippen LogP contribution in [0.4, 0.5) is 0 Å². The SMILES string of the molecule is CC(C)C[C@H](N)C(=O)NCCCS(C)=O. The summed E-state index contributed by atoms with van der Waals surface area (Å²) < 4.78 is 10.7. The van der Waals surface area contributed by atoms with Crippen LogP contribution in [0.15, 0.2) is 0 Å². The molecule has 4 nitrogen and oxygen atoms in total. The molecule has 2 atom stereocenters. The molecule has 0 aromatic carbocycles. The lowest BCUT2D eigenvalue weighted by Gasteiger charge is -2.13. The molecule has 0 aromatic heterocycles. The molecule has 0 aliphatic rings. The molecule has 0 fully saturated rings. The summed E-state index contributed by atoms with van der Waals surface area (Å²) in [4.78, 5) is 11.4. The van der Waals surface area contributed by atoms with Crippen LogP contribution in [-0.4, -0.2) is 34.7 Å². The number of nitrogens with one attached hydrogen (secondary N) is 1. The molecule has 0 bridgehead atoms. The topological polar surface area (TPSA) is 72.2 Å². The number of hydrogen-bond donors (Lipinski definition) is 2. The second-order valence-corrected chi connectivity index (χ2v) is 5.71. The summed E-state index contributed by atoms with van der Waals surface area (Å²) in [5.41, 5.74) is 5.69. The summed E-state index contributed by atoms with van der Waals surface area (Å²) in [5, 5.41) is 2.74. The van der Waals surface area contributed by atoms with Crippen molar-refractivity contribution in [3.63, 3.8) is 0 Å². The minimum atomic E-state index is -0.783. The highest BCUT2D eigenvalue weighted by Crippen LogP contribution is 2.02. The molecule has 0 heterocycles. The average molecular weight is 234 g/mol. The molecule has 0 radical (unpaired) electrons. The Morgan fingerprint density at radius 3 is 2.53 bits per heavy atom. The average Bonchev–Trinajstić information content (AvgIpc) is 2.10. The first-order chi connectivity index (χ1) is 6.93. The molecule has 3 N–H and O–H groups in total. The zero-order valence-electron chi connectivity index (χ0n) is 9.79. The van der Waals surface area contributed by atoms with Gasteiger partial charge >= 0.3 is 0 Å². The largest absolute Gasteiger partial charge is 0.355 e. The first kappa shape index (κ1) is 14.6. The Labute approximate surface area is 94.4 Å². The van der Waals surface area contributed by atoms with Crippen molar-refractivity contribution in [1.82, 2.24) is 5.32 Å². The predicted molar refractivity (Wildman–Crippen MR) is 64.0 cm³/mol. The van der Waals surface area contributed by atoms with E-state index in [1.165, 1.54) is 0 Å². The second-order valence-electron chi connectivity index (χ2n) is 4.16. The maximum Gasteiger partial charge on any atom is 0.236 e. The summed E-state index contributed by atoms with van der Waals surface area (Å²) in [7, 11) is -0.783. The molecular weight excluding hydrogens is 212 g/mol. The maximum absolute atomic E-state index is 11.4. The number of carbonyl (C=O) groups excluding carboxylic acids is 1. The Morgan fingerprint density at radius 1 is 1.47 bits per heavy atom. The Bertz CT molecular complexity index is 219. The summed E-state index contributed by atoms with van der Waals surface area (Å²) in [6.07, 6.45) is 3.10. The van der Waals surface area contributed by atoms with Crippen molar-refractivity contribution in [2.45, 2.75) is 32.7 Å². The number of amides is 1. The van der Waals surface area contributed by atoms with Gasteiger partial charge in [0.05, 0.1) is 6.04 Å². The van der Waals surface area contributed by atoms with Crippen LogP contribution in [0.25, 0.3) is 0 Å². The van der Waals surface area contributed by atoms with Crippen LogP contribution in [0.5, 0.6) is 0 Å². The molecule has 0 saturated carbocycles. The summed E-state index contributed by atoms with van der Waals surface area (Å²) >= 11 is 0. The van der Waals surface area contributed by atoms with Crippen molar-refractivity contribution in [3.05, 3.63) is 0 Å². The van der Waals surface area contributed by atoms with Crippen molar-refractivity contribution in [2.24, 2.45) is 11.7 Å². The lowest BCUT2D eigenvalue weighted by atomic mass is 10.0. The minimum absolute atomic E-state index is 0.106. The van der Waals surface area contributed by atoms with Gasteiger partial charge in [-0.2, -0.15) is 0 Å². The molecule has 0 rings (SSSR count). The van der Waals surface area contributed by atoms with E-state index in [2.05, 4.69) is 5.32 Å². The highest BCUT2D eigenvalue weighted by Gasteiger charge is 2.13. The van der Waals surface area contributed by atoms with Gasteiger partial charge in [-0.3, -0.25) is 9.00 Å². The van der Waals surface area contributed by atoms with Crippen molar-refractivity contribution in [2.75, 3.05) is 18.6 Å². The Balaban J connectivity index is 3.60. The van der Waals surface area contributed by atoms with Crippen molar-refractivity contribution in [1.29, 1.82) is 0 Å². The quantitative estimate of drug-likeness (QED) is 0.620. The Morgan fingerprint density at radius 2 is 2.07 bits per heavy atom. The molecule has 0 aliphatic carbocycles. The van der Waals surface area contributed by atoms with E-state index < -0.39 is 16.8 Å². The van der Waals surface area contributed by atoms with Gasteiger partial charge in [-0.25, -0.2) is 0 Å². The zero-order chi connectivity index (χ0) is 11.8. The van der Waals surface area contributed by atoms with Gasteiger partial charge in [0.1, 0.15) is 0 Å². The minimum Gasteiger partial charge on any atom is -0.355 e. The molecule has 0 saturated heterocycles. The third-order valence-electron chi connectivity index (χ3n) is 1.97. The first-order valence-corrected chi connectivity index (χ1v) is 6.99. The van der Waals surface area contributed by atoms with Gasteiger partial charge in [-0.15, -0.1) is 0 Å². The van der Waals surface area contributed by atoms with E-state index in [1.807, 2.05) is 13.8 Å². The van der Waals surface area contributed by atoms with Gasteiger partial charge in [0.15, 0.2) is 0 Å². The normalized spacial score (nSPS) is 15.0. The van der Waals surface area contributed by atoms with Crippen LogP contribution in [0.2, 0.25) is 0 Å². The summed E-state index contributed by atoms with van der Waals surface area (Å²) in [5.74, 6) is 0.944. The molecule has 1 unspecified atom stereocenters. The number of nitrogens with two attached hydrogens (primary N) is 1. The zero-order valence-corrected chi connectivity index (χ0v) is 10.6. The van der Waals surface area contributed by atoms with Crippen molar-refractivity contribution in [3.8, 4) is 0 Å². The lowest BCUT2D eigenvalue weighted by molar-refractivity contribution is -0.122. The molecule has 5 heteroatoms. The van der Waals surface area contributed by atoms with Crippen molar-refractivity contribution >= 4 is 16.7 Å². The van der Waals surface area contributed by atoms with Crippen LogP contribution in [0.1, 0.15) is 26.7 Å². The fourth-order valence-electron chi connectivity index (χ4n) is 1.23. The van der Waals surface area contributed by atoms with Crippen LogP contribution in [-0.2, 0) is 15.6 Å². The molecule has 15 heavy (non-hydrogen) atoms. The molecule has 0 spiro atoms. The van der Waals surface area contributed by atoms with Crippen LogP contribution in [0, 0.1) is 5.92 Å². The standard InChI is InChI=1S/C10H22N2O2S/c1-8(2)7-9(11)10(13)12-5-4-6-15(3)14/h8-9H,4-7,11H2,1-3H3,(H,12,13)/t9-,15?/m0/s1. The van der Waals surface area contributed by atoms with Gasteiger partial charge < -0.3 is 11.1 Å². The fourth-order valence-corrected chi connectivity index (χ4v) is 1.78. The number of hydrogen-bond acceptors (Lipinski definition) is 3. The first-order valence-electron chi connectivity index (χ1n) is 5.26. The molecule has 0 aliphatic heterocycles. The van der Waals surface area contributed by atoms with E-state index in [9.17, 15) is 9.00 Å². The van der Waals surface area contributed by atoms with E-state index in [0.29, 0.717) is 24.6 Å². The van der Waals surface area contributed by atoms with Crippen LogP contribution < -0.4 is 11.1 Å². The molecular formula is C10H22N2O2S. The van der Waals surface area contributed by atoms with E-state index in [-0.39, 0.29) is 5.91 Å². The van der Waals surface area contributed by atoms with E-state index in [0.717, 1.165) is 6.42 Å². The molecule has 90 valence electrons. The van der Waals surface area contributed by atoms with E-state index in [1.54, 1.807) is 6.26 Å². The van der Waals surface area contributed by atoms with E-state index in [4.69, 9.17) is 5.73 Å². The number of rotatable bonds is 7. The van der Waals surface area contributed by atoms with Gasteiger partial charge in [0, 0.05) is 29.4 Å². The van der Waals surface area contributed by atoms with Gasteiger partial charge in [0.25, 0.3) is 0 Å². The summed E-state index contributed by atoms with van der Waals surface area (Å²) in [6.45, 7) is 4.63. The Hall–Kier alpha value is -0.420. The fraction of sp³-hybridized carbons (Fsp3) is 0.900. The van der Waals surface area contributed by atoms with Crippen molar-refractivity contribution < 1.29 is 9.00 Å². The Kier molecular flexibility index (Phi) is 7.60. The molecule has 1 amide bonds. The molecule has 0 aromatic rings. The smallest absolute Gasteiger partial charge is 0.236 e. The second kappa shape index (κ2) is 7.82. The number of carbonyl (C=O) groups is 1. The van der Waals surface area contributed by atoms with Gasteiger partial charge in [-0.1, -0.05) is 13.8 Å². The van der Waals surface area contributed by atoms with Gasteiger partial charge in [-0.05, 0) is 18.8 Å². The highest BCUT2D eigenvalue weighted by atomic mass is 32.2. The van der Waals surface area contributed by atoms with E-state index >= 15 is 0 Å². The van der Waals surface area contributed by atoms with Gasteiger partial charge in [0.2, 0.25) is 5.91 Å². The third kappa shape index (κ3) is 8.57. The summed E-state index contributed by atoms with van der Waals surface area (Å²) in [6, 6.07) is -0.419. The predicted octanol–water partition coefficient (Wildman–Crippen LogP) is 0.245. The van der Waals surface area contributed by atoms with Crippen LogP contribution in [0.3, 0.4) is 0 Å².